The second kappa shape index (κ2) is 5.83. The molecular formula is C14H17F3N2O. The van der Waals surface area contributed by atoms with Gasteiger partial charge >= 0.3 is 0 Å². The van der Waals surface area contributed by atoms with Gasteiger partial charge in [-0.05, 0) is 12.8 Å². The van der Waals surface area contributed by atoms with Gasteiger partial charge in [0.2, 0.25) is 5.91 Å². The summed E-state index contributed by atoms with van der Waals surface area (Å²) < 4.78 is 39.6. The van der Waals surface area contributed by atoms with E-state index >= 15 is 0 Å². The Morgan fingerprint density at radius 2 is 1.70 bits per heavy atom. The normalized spacial score (nSPS) is 17.8. The molecule has 0 aliphatic heterocycles. The average Bonchev–Trinajstić information content (AvgIpc) is 2.34. The number of hydrogen-bond acceptors (Lipinski definition) is 2. The molecule has 0 unspecified atom stereocenters. The number of benzene rings is 1. The Morgan fingerprint density at radius 1 is 1.15 bits per heavy atom. The van der Waals surface area contributed by atoms with E-state index in [4.69, 9.17) is 5.73 Å². The maximum absolute atomic E-state index is 13.4. The van der Waals surface area contributed by atoms with E-state index in [1.54, 1.807) is 0 Å². The van der Waals surface area contributed by atoms with Gasteiger partial charge in [0.05, 0.1) is 0 Å². The van der Waals surface area contributed by atoms with E-state index < -0.39 is 34.6 Å². The second-order valence-electron chi connectivity index (χ2n) is 5.39. The molecule has 1 aliphatic rings. The van der Waals surface area contributed by atoms with Crippen LogP contribution in [0.2, 0.25) is 0 Å². The number of nitrogens with one attached hydrogen (secondary N) is 1. The quantitative estimate of drug-likeness (QED) is 0.897. The molecule has 110 valence electrons. The first-order chi connectivity index (χ1) is 9.39. The summed E-state index contributed by atoms with van der Waals surface area (Å²) in [5, 5.41) is 2.14. The minimum atomic E-state index is -1.13. The predicted molar refractivity (Wildman–Crippen MR) is 69.6 cm³/mol. The van der Waals surface area contributed by atoms with Crippen molar-refractivity contribution in [2.24, 2.45) is 5.73 Å². The van der Waals surface area contributed by atoms with Gasteiger partial charge in [0.1, 0.15) is 11.5 Å². The Bertz CT molecular complexity index is 490. The molecule has 0 saturated heterocycles. The third kappa shape index (κ3) is 3.50. The van der Waals surface area contributed by atoms with Gasteiger partial charge in [-0.3, -0.25) is 4.79 Å². The van der Waals surface area contributed by atoms with Crippen LogP contribution in [0.15, 0.2) is 12.1 Å². The van der Waals surface area contributed by atoms with Gasteiger partial charge in [0, 0.05) is 24.1 Å². The molecule has 3 N–H and O–H groups in total. The van der Waals surface area contributed by atoms with Crippen LogP contribution in [0.3, 0.4) is 0 Å². The summed E-state index contributed by atoms with van der Waals surface area (Å²) in [6.45, 7) is 0. The number of nitrogens with two attached hydrogens (primary N) is 1. The van der Waals surface area contributed by atoms with Crippen LogP contribution in [0.25, 0.3) is 0 Å². The summed E-state index contributed by atoms with van der Waals surface area (Å²) in [5.41, 5.74) is 4.86. The molecule has 1 amide bonds. The van der Waals surface area contributed by atoms with E-state index in [-0.39, 0.29) is 6.42 Å². The highest BCUT2D eigenvalue weighted by molar-refractivity contribution is 5.91. The molecule has 1 aromatic carbocycles. The molecule has 0 aromatic heterocycles. The number of amides is 1. The fraction of sp³-hybridized carbons (Fsp3) is 0.500. The maximum Gasteiger partial charge on any atom is 0.226 e. The third-order valence-corrected chi connectivity index (χ3v) is 3.63. The van der Waals surface area contributed by atoms with Crippen LogP contribution < -0.4 is 11.1 Å². The van der Waals surface area contributed by atoms with Gasteiger partial charge in [-0.15, -0.1) is 0 Å². The zero-order chi connectivity index (χ0) is 14.8. The molecule has 20 heavy (non-hydrogen) atoms. The molecule has 0 radical (unpaired) electrons. The number of anilines is 1. The Balaban J connectivity index is 2.05. The third-order valence-electron chi connectivity index (χ3n) is 3.63. The van der Waals surface area contributed by atoms with Crippen molar-refractivity contribution >= 4 is 11.6 Å². The van der Waals surface area contributed by atoms with Crippen molar-refractivity contribution < 1.29 is 18.0 Å². The van der Waals surface area contributed by atoms with Crippen molar-refractivity contribution in [3.8, 4) is 0 Å². The monoisotopic (exact) mass is 286 g/mol. The van der Waals surface area contributed by atoms with Crippen molar-refractivity contribution in [2.45, 2.75) is 44.1 Å². The summed E-state index contributed by atoms with van der Waals surface area (Å²) in [4.78, 5) is 11.9. The van der Waals surface area contributed by atoms with Crippen molar-refractivity contribution in [3.05, 3.63) is 29.6 Å². The summed E-state index contributed by atoms with van der Waals surface area (Å²) >= 11 is 0. The van der Waals surface area contributed by atoms with Crippen LogP contribution in [-0.2, 0) is 4.79 Å². The van der Waals surface area contributed by atoms with Gasteiger partial charge in [-0.25, -0.2) is 13.2 Å². The number of rotatable bonds is 3. The van der Waals surface area contributed by atoms with E-state index in [1.165, 1.54) is 0 Å². The van der Waals surface area contributed by atoms with Gasteiger partial charge in [-0.2, -0.15) is 0 Å². The number of hydrogen-bond donors (Lipinski definition) is 2. The summed E-state index contributed by atoms with van der Waals surface area (Å²) in [6.07, 6.45) is 4.42. The molecule has 1 aliphatic carbocycles. The van der Waals surface area contributed by atoms with Gasteiger partial charge in [0.25, 0.3) is 0 Å². The lowest BCUT2D eigenvalue weighted by atomic mass is 9.80. The van der Waals surface area contributed by atoms with E-state index in [0.29, 0.717) is 12.1 Å². The van der Waals surface area contributed by atoms with Gasteiger partial charge in [-0.1, -0.05) is 19.3 Å². The van der Waals surface area contributed by atoms with E-state index in [9.17, 15) is 18.0 Å². The van der Waals surface area contributed by atoms with Crippen molar-refractivity contribution in [1.82, 2.24) is 0 Å². The fourth-order valence-corrected chi connectivity index (χ4v) is 2.60. The molecule has 0 atom stereocenters. The Morgan fingerprint density at radius 3 is 2.25 bits per heavy atom. The molecule has 0 spiro atoms. The number of carbonyl (C=O) groups excluding carboxylic acids is 1. The molecule has 1 saturated carbocycles. The van der Waals surface area contributed by atoms with E-state index in [2.05, 4.69) is 5.32 Å². The van der Waals surface area contributed by atoms with Crippen molar-refractivity contribution in [2.75, 3.05) is 5.32 Å². The molecular weight excluding hydrogens is 269 g/mol. The van der Waals surface area contributed by atoms with Gasteiger partial charge in [0.15, 0.2) is 11.6 Å². The second-order valence-corrected chi connectivity index (χ2v) is 5.39. The fourth-order valence-electron chi connectivity index (χ4n) is 2.60. The largest absolute Gasteiger partial charge is 0.325 e. The SMILES string of the molecule is NC1(CC(=O)Nc2c(F)cc(F)cc2F)CCCCC1. The lowest BCUT2D eigenvalue weighted by molar-refractivity contribution is -0.117. The summed E-state index contributed by atoms with van der Waals surface area (Å²) in [6, 6.07) is 1.05. The van der Waals surface area contributed by atoms with E-state index in [1.807, 2.05) is 0 Å². The topological polar surface area (TPSA) is 55.1 Å². The Hall–Kier alpha value is -1.56. The van der Waals surface area contributed by atoms with Crippen molar-refractivity contribution in [3.63, 3.8) is 0 Å². The highest BCUT2D eigenvalue weighted by atomic mass is 19.1. The first-order valence-electron chi connectivity index (χ1n) is 6.63. The molecule has 6 heteroatoms. The molecule has 0 heterocycles. The van der Waals surface area contributed by atoms with Crippen LogP contribution >= 0.6 is 0 Å². The summed E-state index contributed by atoms with van der Waals surface area (Å²) in [5.74, 6) is -3.85. The molecule has 0 bridgehead atoms. The summed E-state index contributed by atoms with van der Waals surface area (Å²) in [7, 11) is 0. The average molecular weight is 286 g/mol. The first kappa shape index (κ1) is 14.8. The first-order valence-corrected chi connectivity index (χ1v) is 6.63. The highest BCUT2D eigenvalue weighted by Gasteiger charge is 2.30. The van der Waals surface area contributed by atoms with Crippen LogP contribution in [-0.4, -0.2) is 11.4 Å². The maximum atomic E-state index is 13.4. The van der Waals surface area contributed by atoms with E-state index in [0.717, 1.165) is 32.1 Å². The zero-order valence-corrected chi connectivity index (χ0v) is 11.0. The minimum absolute atomic E-state index is 0.00323. The van der Waals surface area contributed by atoms with Gasteiger partial charge < -0.3 is 11.1 Å². The molecule has 2 rings (SSSR count). The van der Waals surface area contributed by atoms with Crippen molar-refractivity contribution in [1.29, 1.82) is 0 Å². The number of carbonyl (C=O) groups is 1. The van der Waals surface area contributed by atoms with Crippen LogP contribution in [0.5, 0.6) is 0 Å². The Kier molecular flexibility index (Phi) is 4.32. The number of halogens is 3. The highest BCUT2D eigenvalue weighted by Crippen LogP contribution is 2.29. The smallest absolute Gasteiger partial charge is 0.226 e. The lowest BCUT2D eigenvalue weighted by Gasteiger charge is -2.32. The predicted octanol–water partition coefficient (Wildman–Crippen LogP) is 3.09. The zero-order valence-electron chi connectivity index (χ0n) is 11.0. The van der Waals surface area contributed by atoms with Crippen LogP contribution in [0.4, 0.5) is 18.9 Å². The molecule has 3 nitrogen and oxygen atoms in total. The van der Waals surface area contributed by atoms with Crippen LogP contribution in [0, 0.1) is 17.5 Å². The molecule has 1 fully saturated rings. The van der Waals surface area contributed by atoms with Crippen LogP contribution in [0.1, 0.15) is 38.5 Å². The Labute approximate surface area is 115 Å². The lowest BCUT2D eigenvalue weighted by Crippen LogP contribution is -2.44. The molecule has 1 aromatic rings. The minimum Gasteiger partial charge on any atom is -0.325 e. The standard InChI is InChI=1S/C14H17F3N2O/c15-9-6-10(16)13(11(17)7-9)19-12(20)8-14(18)4-2-1-3-5-14/h6-7H,1-5,8,18H2,(H,19,20).